The number of carbonyl (C=O) groups excluding carboxylic acids is 3. The van der Waals surface area contributed by atoms with Crippen LogP contribution in [0.15, 0.2) is 78.9 Å². The van der Waals surface area contributed by atoms with Gasteiger partial charge in [0.1, 0.15) is 11.6 Å². The third kappa shape index (κ3) is 5.43. The number of ether oxygens (including phenoxy) is 1. The van der Waals surface area contributed by atoms with Crippen molar-refractivity contribution in [2.24, 2.45) is 5.92 Å². The third-order valence-corrected chi connectivity index (χ3v) is 6.13. The molecule has 1 aliphatic rings. The molecule has 0 saturated heterocycles. The summed E-state index contributed by atoms with van der Waals surface area (Å²) in [5.41, 5.74) is 1.59. The Morgan fingerprint density at radius 1 is 0.784 bits per heavy atom. The fourth-order valence-electron chi connectivity index (χ4n) is 4.02. The summed E-state index contributed by atoms with van der Waals surface area (Å²) in [7, 11) is 1.45. The Labute approximate surface area is 212 Å². The van der Waals surface area contributed by atoms with Gasteiger partial charge in [-0.2, -0.15) is 0 Å². The van der Waals surface area contributed by atoms with Gasteiger partial charge in [0, 0.05) is 17.2 Å². The largest absolute Gasteiger partial charge is 0.495 e. The van der Waals surface area contributed by atoms with Crippen LogP contribution in [0.1, 0.15) is 33.6 Å². The third-order valence-electron chi connectivity index (χ3n) is 6.13. The van der Waals surface area contributed by atoms with E-state index in [1.807, 2.05) is 24.3 Å². The number of benzene rings is 4. The summed E-state index contributed by atoms with van der Waals surface area (Å²) in [5, 5.41) is 10.2. The van der Waals surface area contributed by atoms with E-state index in [1.54, 1.807) is 30.3 Å². The van der Waals surface area contributed by atoms with Gasteiger partial charge in [0.15, 0.2) is 0 Å². The Bertz CT molecular complexity index is 1530. The first-order chi connectivity index (χ1) is 17.9. The van der Waals surface area contributed by atoms with Gasteiger partial charge in [0.05, 0.1) is 24.0 Å². The van der Waals surface area contributed by atoms with E-state index in [0.29, 0.717) is 28.4 Å². The highest BCUT2D eigenvalue weighted by molar-refractivity contribution is 6.13. The molecule has 3 amide bonds. The number of hydrogen-bond acceptors (Lipinski definition) is 4. The summed E-state index contributed by atoms with van der Waals surface area (Å²) in [5.74, 6) is -1.24. The minimum atomic E-state index is -0.527. The molecule has 4 aromatic carbocycles. The van der Waals surface area contributed by atoms with Gasteiger partial charge in [-0.3, -0.25) is 14.4 Å². The van der Waals surface area contributed by atoms with Crippen LogP contribution in [0.5, 0.6) is 5.75 Å². The molecular weight excluding hydrogens is 473 g/mol. The second-order valence-electron chi connectivity index (χ2n) is 8.84. The number of halogens is 1. The Balaban J connectivity index is 1.42. The minimum absolute atomic E-state index is 0.0202. The van der Waals surface area contributed by atoms with Crippen molar-refractivity contribution in [1.82, 2.24) is 0 Å². The molecule has 0 atom stereocenters. The predicted molar refractivity (Wildman–Crippen MR) is 141 cm³/mol. The van der Waals surface area contributed by atoms with E-state index >= 15 is 0 Å². The van der Waals surface area contributed by atoms with E-state index in [-0.39, 0.29) is 17.4 Å². The quantitative estimate of drug-likeness (QED) is 0.299. The van der Waals surface area contributed by atoms with E-state index in [2.05, 4.69) is 16.0 Å². The maximum Gasteiger partial charge on any atom is 0.257 e. The number of rotatable bonds is 7. The first kappa shape index (κ1) is 24.0. The molecule has 7 nitrogen and oxygen atoms in total. The summed E-state index contributed by atoms with van der Waals surface area (Å²) in [6.07, 6.45) is 1.69. The first-order valence-electron chi connectivity index (χ1n) is 11.8. The van der Waals surface area contributed by atoms with Gasteiger partial charge >= 0.3 is 0 Å². The standard InChI is InChI=1S/C29H24FN3O4/c1-37-26-12-11-22(16-25(26)33-28(35)20-7-4-8-21(30)13-20)31-29(36)23-14-18-5-2-3-6-19(18)15-24(23)32-27(34)17-9-10-17/h2-8,11-17H,9-10H2,1H3,(H,31,36)(H,32,34)(H,33,35). The highest BCUT2D eigenvalue weighted by Gasteiger charge is 2.30. The van der Waals surface area contributed by atoms with E-state index in [4.69, 9.17) is 4.74 Å². The average molecular weight is 498 g/mol. The van der Waals surface area contributed by atoms with Crippen LogP contribution in [-0.2, 0) is 4.79 Å². The first-order valence-corrected chi connectivity index (χ1v) is 11.8. The van der Waals surface area contributed by atoms with Crippen molar-refractivity contribution in [1.29, 1.82) is 0 Å². The Morgan fingerprint density at radius 3 is 2.24 bits per heavy atom. The molecular formula is C29H24FN3O4. The molecule has 0 spiro atoms. The number of fused-ring (bicyclic) bond motifs is 1. The van der Waals surface area contributed by atoms with Gasteiger partial charge in [0.25, 0.3) is 11.8 Å². The lowest BCUT2D eigenvalue weighted by molar-refractivity contribution is -0.117. The topological polar surface area (TPSA) is 96.5 Å². The van der Waals surface area contributed by atoms with Gasteiger partial charge in [-0.1, -0.05) is 30.3 Å². The zero-order valence-corrected chi connectivity index (χ0v) is 20.0. The fourth-order valence-corrected chi connectivity index (χ4v) is 4.02. The molecule has 186 valence electrons. The second kappa shape index (κ2) is 10.1. The molecule has 5 rings (SSSR count). The number of hydrogen-bond donors (Lipinski definition) is 3. The molecule has 8 heteroatoms. The number of carbonyl (C=O) groups is 3. The Kier molecular flexibility index (Phi) is 6.55. The van der Waals surface area contributed by atoms with Gasteiger partial charge in [-0.05, 0) is 72.1 Å². The molecule has 0 bridgehead atoms. The fraction of sp³-hybridized carbons (Fsp3) is 0.138. The summed E-state index contributed by atoms with van der Waals surface area (Å²) < 4.78 is 18.9. The van der Waals surface area contributed by atoms with E-state index < -0.39 is 17.6 Å². The number of nitrogens with one attached hydrogen (secondary N) is 3. The molecule has 0 radical (unpaired) electrons. The molecule has 4 aromatic rings. The van der Waals surface area contributed by atoms with E-state index in [9.17, 15) is 18.8 Å². The monoisotopic (exact) mass is 497 g/mol. The van der Waals surface area contributed by atoms with Gasteiger partial charge in [-0.25, -0.2) is 4.39 Å². The highest BCUT2D eigenvalue weighted by Crippen LogP contribution is 2.33. The number of amides is 3. The van der Waals surface area contributed by atoms with Crippen molar-refractivity contribution in [2.75, 3.05) is 23.1 Å². The molecule has 3 N–H and O–H groups in total. The molecule has 37 heavy (non-hydrogen) atoms. The molecule has 1 aliphatic carbocycles. The van der Waals surface area contributed by atoms with Crippen LogP contribution in [0.3, 0.4) is 0 Å². The summed E-state index contributed by atoms with van der Waals surface area (Å²) in [6, 6.07) is 21.2. The number of methoxy groups -OCH3 is 1. The molecule has 0 heterocycles. The molecule has 1 fully saturated rings. The lowest BCUT2D eigenvalue weighted by atomic mass is 10.0. The molecule has 0 aliphatic heterocycles. The van der Waals surface area contributed by atoms with Gasteiger partial charge in [0.2, 0.25) is 5.91 Å². The van der Waals surface area contributed by atoms with E-state index in [0.717, 1.165) is 29.7 Å². The maximum atomic E-state index is 13.6. The van der Waals surface area contributed by atoms with Crippen LogP contribution in [0.25, 0.3) is 10.8 Å². The molecule has 1 saturated carbocycles. The van der Waals surface area contributed by atoms with Crippen molar-refractivity contribution in [2.45, 2.75) is 12.8 Å². The predicted octanol–water partition coefficient (Wildman–Crippen LogP) is 5.84. The van der Waals surface area contributed by atoms with Crippen LogP contribution in [0.2, 0.25) is 0 Å². The van der Waals surface area contributed by atoms with Gasteiger partial charge in [-0.15, -0.1) is 0 Å². The van der Waals surface area contributed by atoms with Crippen molar-refractivity contribution < 1.29 is 23.5 Å². The van der Waals surface area contributed by atoms with Crippen LogP contribution in [0.4, 0.5) is 21.5 Å². The maximum absolute atomic E-state index is 13.6. The zero-order chi connectivity index (χ0) is 25.9. The van der Waals surface area contributed by atoms with Crippen molar-refractivity contribution in [3.8, 4) is 5.75 Å². The summed E-state index contributed by atoms with van der Waals surface area (Å²) in [6.45, 7) is 0. The number of anilines is 3. The lowest BCUT2D eigenvalue weighted by Gasteiger charge is -2.15. The average Bonchev–Trinajstić information content (AvgIpc) is 3.74. The summed E-state index contributed by atoms with van der Waals surface area (Å²) >= 11 is 0. The Morgan fingerprint density at radius 2 is 1.54 bits per heavy atom. The molecule has 0 aromatic heterocycles. The smallest absolute Gasteiger partial charge is 0.257 e. The van der Waals surface area contributed by atoms with Crippen LogP contribution in [0, 0.1) is 11.7 Å². The van der Waals surface area contributed by atoms with Crippen LogP contribution in [-0.4, -0.2) is 24.8 Å². The summed E-state index contributed by atoms with van der Waals surface area (Å²) in [4.78, 5) is 38.5. The SMILES string of the molecule is COc1ccc(NC(=O)c2cc3ccccc3cc2NC(=O)C2CC2)cc1NC(=O)c1cccc(F)c1. The second-order valence-corrected chi connectivity index (χ2v) is 8.84. The van der Waals surface area contributed by atoms with Crippen molar-refractivity contribution in [3.05, 3.63) is 95.8 Å². The zero-order valence-electron chi connectivity index (χ0n) is 20.0. The Hall–Kier alpha value is -4.72. The van der Waals surface area contributed by atoms with Crippen LogP contribution >= 0.6 is 0 Å². The van der Waals surface area contributed by atoms with Crippen LogP contribution < -0.4 is 20.7 Å². The van der Waals surface area contributed by atoms with Crippen molar-refractivity contribution in [3.63, 3.8) is 0 Å². The van der Waals surface area contributed by atoms with E-state index in [1.165, 1.54) is 25.3 Å². The van der Waals surface area contributed by atoms with Gasteiger partial charge < -0.3 is 20.7 Å². The molecule has 0 unspecified atom stereocenters. The highest BCUT2D eigenvalue weighted by atomic mass is 19.1. The minimum Gasteiger partial charge on any atom is -0.495 e. The lowest BCUT2D eigenvalue weighted by Crippen LogP contribution is -2.19. The van der Waals surface area contributed by atoms with Crippen molar-refractivity contribution >= 4 is 45.6 Å². The normalized spacial score (nSPS) is 12.6.